The molecule has 0 unspecified atom stereocenters. The highest BCUT2D eigenvalue weighted by atomic mass is 35.5. The van der Waals surface area contributed by atoms with Crippen LogP contribution in [0.1, 0.15) is 6.92 Å². The minimum atomic E-state index is -0.497. The first kappa shape index (κ1) is 13.5. The molecule has 0 aliphatic rings. The summed E-state index contributed by atoms with van der Waals surface area (Å²) in [7, 11) is 1.44. The van der Waals surface area contributed by atoms with Gasteiger partial charge in [-0.15, -0.1) is 0 Å². The summed E-state index contributed by atoms with van der Waals surface area (Å²) in [6.45, 7) is 2.54. The number of nitrogens with one attached hydrogen (secondary N) is 1. The van der Waals surface area contributed by atoms with Crippen LogP contribution in [-0.2, 0) is 0 Å². The number of aromatic nitrogens is 3. The summed E-state index contributed by atoms with van der Waals surface area (Å²) in [6.07, 6.45) is 0. The SMILES string of the molecule is CCNc1nc(OC)nc(-c2ccc(Cl)cc2F)n1. The molecule has 0 saturated carbocycles. The van der Waals surface area contributed by atoms with Crippen LogP contribution < -0.4 is 10.1 Å². The number of halogens is 2. The maximum Gasteiger partial charge on any atom is 0.321 e. The molecular weight excluding hydrogens is 271 g/mol. The third-order valence-electron chi connectivity index (χ3n) is 2.30. The first-order valence-corrected chi connectivity index (χ1v) is 6.01. The van der Waals surface area contributed by atoms with Crippen molar-refractivity contribution in [2.75, 3.05) is 19.0 Å². The number of hydrogen-bond donors (Lipinski definition) is 1. The minimum Gasteiger partial charge on any atom is -0.467 e. The van der Waals surface area contributed by atoms with E-state index in [4.69, 9.17) is 16.3 Å². The molecule has 1 aromatic heterocycles. The van der Waals surface area contributed by atoms with Crippen LogP contribution in [0.25, 0.3) is 11.4 Å². The second kappa shape index (κ2) is 5.79. The van der Waals surface area contributed by atoms with Crippen molar-refractivity contribution in [3.05, 3.63) is 29.0 Å². The quantitative estimate of drug-likeness (QED) is 0.934. The summed E-state index contributed by atoms with van der Waals surface area (Å²) in [5.41, 5.74) is 0.240. The molecule has 0 atom stereocenters. The van der Waals surface area contributed by atoms with E-state index >= 15 is 0 Å². The van der Waals surface area contributed by atoms with Gasteiger partial charge < -0.3 is 10.1 Å². The van der Waals surface area contributed by atoms with Crippen LogP contribution in [0.4, 0.5) is 10.3 Å². The Morgan fingerprint density at radius 3 is 2.74 bits per heavy atom. The fraction of sp³-hybridized carbons (Fsp3) is 0.250. The van der Waals surface area contributed by atoms with Gasteiger partial charge in [-0.3, -0.25) is 0 Å². The lowest BCUT2D eigenvalue weighted by Gasteiger charge is -2.07. The highest BCUT2D eigenvalue weighted by Gasteiger charge is 2.12. The Kier molecular flexibility index (Phi) is 4.11. The standard InChI is InChI=1S/C12H12ClFN4O/c1-3-15-11-16-10(17-12(18-11)19-2)8-5-4-7(13)6-9(8)14/h4-6H,3H2,1-2H3,(H,15,16,17,18). The Labute approximate surface area is 114 Å². The molecule has 0 saturated heterocycles. The molecular formula is C12H12ClFN4O. The maximum atomic E-state index is 13.8. The molecule has 100 valence electrons. The molecule has 2 rings (SSSR count). The van der Waals surface area contributed by atoms with Crippen molar-refractivity contribution in [3.63, 3.8) is 0 Å². The van der Waals surface area contributed by atoms with Crippen LogP contribution in [0, 0.1) is 5.82 Å². The number of anilines is 1. The fourth-order valence-electron chi connectivity index (χ4n) is 1.48. The third-order valence-corrected chi connectivity index (χ3v) is 2.54. The van der Waals surface area contributed by atoms with E-state index in [0.717, 1.165) is 0 Å². The summed E-state index contributed by atoms with van der Waals surface area (Å²) in [5, 5.41) is 3.25. The topological polar surface area (TPSA) is 59.9 Å². The molecule has 0 aliphatic heterocycles. The number of hydrogen-bond acceptors (Lipinski definition) is 5. The molecule has 1 aromatic carbocycles. The van der Waals surface area contributed by atoms with E-state index in [-0.39, 0.29) is 17.4 Å². The van der Waals surface area contributed by atoms with Gasteiger partial charge in [0.25, 0.3) is 0 Å². The van der Waals surface area contributed by atoms with Crippen molar-refractivity contribution >= 4 is 17.5 Å². The largest absolute Gasteiger partial charge is 0.467 e. The van der Waals surface area contributed by atoms with E-state index in [9.17, 15) is 4.39 Å². The van der Waals surface area contributed by atoms with Crippen LogP contribution in [0.5, 0.6) is 6.01 Å². The molecule has 0 amide bonds. The van der Waals surface area contributed by atoms with Gasteiger partial charge in [0.1, 0.15) is 5.82 Å². The van der Waals surface area contributed by atoms with Crippen LogP contribution in [0.3, 0.4) is 0 Å². The van der Waals surface area contributed by atoms with Gasteiger partial charge in [0.2, 0.25) is 5.95 Å². The lowest BCUT2D eigenvalue weighted by Crippen LogP contribution is -2.06. The Bertz CT molecular complexity index is 594. The molecule has 0 fully saturated rings. The van der Waals surface area contributed by atoms with E-state index in [2.05, 4.69) is 20.3 Å². The minimum absolute atomic E-state index is 0.121. The van der Waals surface area contributed by atoms with Crippen LogP contribution in [0.15, 0.2) is 18.2 Å². The number of rotatable bonds is 4. The van der Waals surface area contributed by atoms with E-state index < -0.39 is 5.82 Å². The van der Waals surface area contributed by atoms with Crippen molar-refractivity contribution in [3.8, 4) is 17.4 Å². The van der Waals surface area contributed by atoms with Gasteiger partial charge in [0, 0.05) is 11.6 Å². The van der Waals surface area contributed by atoms with Gasteiger partial charge in [0.05, 0.1) is 12.7 Å². The van der Waals surface area contributed by atoms with Crippen molar-refractivity contribution in [2.45, 2.75) is 6.92 Å². The van der Waals surface area contributed by atoms with Crippen LogP contribution >= 0.6 is 11.6 Å². The van der Waals surface area contributed by atoms with Gasteiger partial charge >= 0.3 is 6.01 Å². The number of ether oxygens (including phenoxy) is 1. The second-order valence-corrected chi connectivity index (χ2v) is 4.06. The van der Waals surface area contributed by atoms with E-state index in [1.54, 1.807) is 6.07 Å². The number of benzene rings is 1. The molecule has 0 spiro atoms. The summed E-state index contributed by atoms with van der Waals surface area (Å²) in [6, 6.07) is 4.42. The summed E-state index contributed by atoms with van der Waals surface area (Å²) < 4.78 is 18.8. The first-order chi connectivity index (χ1) is 9.13. The molecule has 1 heterocycles. The Hall–Kier alpha value is -1.95. The van der Waals surface area contributed by atoms with E-state index in [1.165, 1.54) is 19.2 Å². The summed E-state index contributed by atoms with van der Waals surface area (Å²) in [4.78, 5) is 12.2. The first-order valence-electron chi connectivity index (χ1n) is 5.63. The molecule has 5 nitrogen and oxygen atoms in total. The van der Waals surface area contributed by atoms with Gasteiger partial charge in [0.15, 0.2) is 5.82 Å². The van der Waals surface area contributed by atoms with E-state index in [1.807, 2.05) is 6.92 Å². The monoisotopic (exact) mass is 282 g/mol. The Balaban J connectivity index is 2.51. The average Bonchev–Trinajstić information content (AvgIpc) is 2.38. The molecule has 1 N–H and O–H groups in total. The zero-order valence-electron chi connectivity index (χ0n) is 10.4. The molecule has 0 bridgehead atoms. The normalized spacial score (nSPS) is 10.3. The summed E-state index contributed by atoms with van der Waals surface area (Å²) >= 11 is 5.71. The van der Waals surface area contributed by atoms with Gasteiger partial charge in [-0.25, -0.2) is 4.39 Å². The van der Waals surface area contributed by atoms with Crippen LogP contribution in [-0.4, -0.2) is 28.6 Å². The van der Waals surface area contributed by atoms with E-state index in [0.29, 0.717) is 17.5 Å². The van der Waals surface area contributed by atoms with Crippen molar-refractivity contribution < 1.29 is 9.13 Å². The molecule has 0 radical (unpaired) electrons. The lowest BCUT2D eigenvalue weighted by atomic mass is 10.2. The second-order valence-electron chi connectivity index (χ2n) is 3.62. The Morgan fingerprint density at radius 2 is 2.11 bits per heavy atom. The fourth-order valence-corrected chi connectivity index (χ4v) is 1.64. The number of nitrogens with zero attached hydrogens (tertiary/aromatic N) is 3. The lowest BCUT2D eigenvalue weighted by molar-refractivity contribution is 0.379. The highest BCUT2D eigenvalue weighted by molar-refractivity contribution is 6.30. The molecule has 0 aliphatic carbocycles. The average molecular weight is 283 g/mol. The predicted molar refractivity (Wildman–Crippen MR) is 70.9 cm³/mol. The van der Waals surface area contributed by atoms with Gasteiger partial charge in [-0.1, -0.05) is 11.6 Å². The maximum absolute atomic E-state index is 13.8. The molecule has 2 aromatic rings. The smallest absolute Gasteiger partial charge is 0.321 e. The highest BCUT2D eigenvalue weighted by Crippen LogP contribution is 2.24. The molecule has 7 heteroatoms. The predicted octanol–water partition coefficient (Wildman–Crippen LogP) is 2.77. The van der Waals surface area contributed by atoms with Crippen LogP contribution in [0.2, 0.25) is 5.02 Å². The van der Waals surface area contributed by atoms with Gasteiger partial charge in [-0.05, 0) is 25.1 Å². The zero-order chi connectivity index (χ0) is 13.8. The zero-order valence-corrected chi connectivity index (χ0v) is 11.2. The Morgan fingerprint density at radius 1 is 1.32 bits per heavy atom. The third kappa shape index (κ3) is 3.08. The molecule has 19 heavy (non-hydrogen) atoms. The number of methoxy groups -OCH3 is 1. The summed E-state index contributed by atoms with van der Waals surface area (Å²) in [5.74, 6) is 0.0267. The van der Waals surface area contributed by atoms with Crippen molar-refractivity contribution in [2.24, 2.45) is 0 Å². The van der Waals surface area contributed by atoms with Gasteiger partial charge in [-0.2, -0.15) is 15.0 Å². The van der Waals surface area contributed by atoms with Crippen molar-refractivity contribution in [1.29, 1.82) is 0 Å². The van der Waals surface area contributed by atoms with Crippen molar-refractivity contribution in [1.82, 2.24) is 15.0 Å².